The quantitative estimate of drug-likeness (QED) is 0.490. The topological polar surface area (TPSA) is 54.4 Å². The fourth-order valence-electron chi connectivity index (χ4n) is 3.28. The van der Waals surface area contributed by atoms with E-state index in [4.69, 9.17) is 0 Å². The molecule has 1 atom stereocenters. The van der Waals surface area contributed by atoms with E-state index in [9.17, 15) is 14.7 Å². The molecule has 1 aliphatic carbocycles. The lowest BCUT2D eigenvalue weighted by atomic mass is 9.59. The van der Waals surface area contributed by atoms with Crippen molar-refractivity contribution in [1.82, 2.24) is 0 Å². The van der Waals surface area contributed by atoms with Gasteiger partial charge in [0.25, 0.3) is 0 Å². The van der Waals surface area contributed by atoms with Gasteiger partial charge in [-0.05, 0) is 42.6 Å². The van der Waals surface area contributed by atoms with Crippen LogP contribution in [0.1, 0.15) is 54.9 Å². The number of allylic oxidation sites excluding steroid dienone is 4. The number of Topliss-reactive ketones (excluding diaryl/α,β-unsaturated/α-hetero) is 1. The number of carbonyl (C=O) groups is 2. The summed E-state index contributed by atoms with van der Waals surface area (Å²) in [4.78, 5) is 23.1. The van der Waals surface area contributed by atoms with Crippen molar-refractivity contribution in [3.63, 3.8) is 0 Å². The molecule has 0 spiro atoms. The summed E-state index contributed by atoms with van der Waals surface area (Å²) in [6, 6.07) is 0. The second kappa shape index (κ2) is 5.96. The molecule has 3 heteroatoms. The second-order valence-electron chi connectivity index (χ2n) is 7.88. The molecule has 1 N–H and O–H groups in total. The minimum atomic E-state index is -1.21. The van der Waals surface area contributed by atoms with Gasteiger partial charge < -0.3 is 5.11 Å². The number of hydrogen-bond acceptors (Lipinski definition) is 3. The van der Waals surface area contributed by atoms with Crippen molar-refractivity contribution in [2.24, 2.45) is 10.8 Å². The van der Waals surface area contributed by atoms with Crippen LogP contribution in [0.2, 0.25) is 0 Å². The third-order valence-corrected chi connectivity index (χ3v) is 4.53. The van der Waals surface area contributed by atoms with Crippen LogP contribution in [0, 0.1) is 10.8 Å². The molecule has 0 aromatic carbocycles. The van der Waals surface area contributed by atoms with Crippen LogP contribution in [-0.4, -0.2) is 22.8 Å². The first-order chi connectivity index (χ1) is 9.87. The van der Waals surface area contributed by atoms with E-state index in [-0.39, 0.29) is 11.2 Å². The molecule has 1 rings (SSSR count). The average Bonchev–Trinajstić information content (AvgIpc) is 2.32. The van der Waals surface area contributed by atoms with E-state index in [0.29, 0.717) is 17.6 Å². The van der Waals surface area contributed by atoms with E-state index in [1.165, 1.54) is 6.08 Å². The van der Waals surface area contributed by atoms with Crippen molar-refractivity contribution >= 4 is 12.1 Å². The molecule has 0 saturated carbocycles. The lowest BCUT2D eigenvalue weighted by Gasteiger charge is -2.47. The molecule has 0 radical (unpaired) electrons. The predicted molar refractivity (Wildman–Crippen MR) is 89.5 cm³/mol. The molecule has 22 heavy (non-hydrogen) atoms. The van der Waals surface area contributed by atoms with Gasteiger partial charge in [0.05, 0.1) is 0 Å². The summed E-state index contributed by atoms with van der Waals surface area (Å²) >= 11 is 0. The van der Waals surface area contributed by atoms with Crippen molar-refractivity contribution in [3.8, 4) is 0 Å². The highest BCUT2D eigenvalue weighted by Crippen LogP contribution is 2.49. The molecule has 1 unspecified atom stereocenters. The Balaban J connectivity index is 3.52. The molecule has 0 fully saturated rings. The molecule has 1 aliphatic rings. The molecule has 0 heterocycles. The Labute approximate surface area is 133 Å². The number of carbonyl (C=O) groups excluding carboxylic acids is 2. The van der Waals surface area contributed by atoms with E-state index < -0.39 is 11.0 Å². The van der Waals surface area contributed by atoms with E-state index in [1.807, 2.05) is 41.5 Å². The first-order valence-corrected chi connectivity index (χ1v) is 7.65. The normalized spacial score (nSPS) is 26.7. The van der Waals surface area contributed by atoms with E-state index >= 15 is 0 Å². The first-order valence-electron chi connectivity index (χ1n) is 7.65. The van der Waals surface area contributed by atoms with Gasteiger partial charge in [-0.3, -0.25) is 9.59 Å². The Morgan fingerprint density at radius 1 is 1.27 bits per heavy atom. The van der Waals surface area contributed by atoms with Gasteiger partial charge in [-0.25, -0.2) is 0 Å². The summed E-state index contributed by atoms with van der Waals surface area (Å²) in [6.45, 7) is 13.4. The monoisotopic (exact) mass is 304 g/mol. The maximum absolute atomic E-state index is 12.5. The molecule has 0 aromatic rings. The van der Waals surface area contributed by atoms with Crippen LogP contribution >= 0.6 is 0 Å². The maximum Gasteiger partial charge on any atom is 0.160 e. The van der Waals surface area contributed by atoms with Crippen LogP contribution in [0.4, 0.5) is 0 Å². The van der Waals surface area contributed by atoms with Crippen LogP contribution in [-0.2, 0) is 9.59 Å². The summed E-state index contributed by atoms with van der Waals surface area (Å²) in [5.74, 6) is 0.105. The van der Waals surface area contributed by atoms with Gasteiger partial charge in [0.1, 0.15) is 11.9 Å². The number of ketones is 1. The van der Waals surface area contributed by atoms with Crippen molar-refractivity contribution in [2.75, 3.05) is 0 Å². The fourth-order valence-corrected chi connectivity index (χ4v) is 3.28. The molecule has 122 valence electrons. The Morgan fingerprint density at radius 2 is 1.82 bits per heavy atom. The number of hydrogen-bond donors (Lipinski definition) is 1. The van der Waals surface area contributed by atoms with Crippen LogP contribution in [0.25, 0.3) is 0 Å². The van der Waals surface area contributed by atoms with Gasteiger partial charge in [-0.1, -0.05) is 40.7 Å². The van der Waals surface area contributed by atoms with Crippen molar-refractivity contribution < 1.29 is 14.7 Å². The number of rotatable bonds is 3. The van der Waals surface area contributed by atoms with E-state index in [1.54, 1.807) is 19.1 Å². The molecule has 0 aliphatic heterocycles. The Morgan fingerprint density at radius 3 is 2.27 bits per heavy atom. The van der Waals surface area contributed by atoms with Gasteiger partial charge in [0.2, 0.25) is 0 Å². The minimum absolute atomic E-state index is 0.105. The molecule has 0 saturated heterocycles. The standard InChI is InChI=1S/C19H28O3/c1-13(9-11-20)8-10-19(22)14(2)16(17(3,4)5)15(21)12-18(19,6)7/h8-11,22H,12H2,1-7H3. The lowest BCUT2D eigenvalue weighted by Crippen LogP contribution is -2.50. The molecule has 3 nitrogen and oxygen atoms in total. The van der Waals surface area contributed by atoms with Crippen LogP contribution in [0.3, 0.4) is 0 Å². The summed E-state index contributed by atoms with van der Waals surface area (Å²) in [6.07, 6.45) is 5.94. The number of aliphatic hydroxyl groups is 1. The number of aldehydes is 1. The van der Waals surface area contributed by atoms with Crippen LogP contribution < -0.4 is 0 Å². The average molecular weight is 304 g/mol. The molecule has 0 amide bonds. The first kappa shape index (κ1) is 18.6. The van der Waals surface area contributed by atoms with Gasteiger partial charge >= 0.3 is 0 Å². The molecule has 0 bridgehead atoms. The molecule has 0 aromatic heterocycles. The summed E-state index contributed by atoms with van der Waals surface area (Å²) in [7, 11) is 0. The SMILES string of the molecule is CC(C=CC1(O)C(C)=C(C(C)(C)C)C(=O)CC1(C)C)=CC=O. The minimum Gasteiger partial charge on any atom is -0.381 e. The zero-order chi connectivity index (χ0) is 17.3. The largest absolute Gasteiger partial charge is 0.381 e. The highest BCUT2D eigenvalue weighted by atomic mass is 16.3. The Bertz CT molecular complexity index is 568. The zero-order valence-electron chi connectivity index (χ0n) is 14.8. The van der Waals surface area contributed by atoms with Crippen molar-refractivity contribution in [1.29, 1.82) is 0 Å². The second-order valence-corrected chi connectivity index (χ2v) is 7.88. The van der Waals surface area contributed by atoms with Gasteiger partial charge in [-0.15, -0.1) is 0 Å². The van der Waals surface area contributed by atoms with Crippen molar-refractivity contribution in [3.05, 3.63) is 34.9 Å². The Kier molecular flexibility index (Phi) is 5.03. The van der Waals surface area contributed by atoms with Crippen LogP contribution in [0.15, 0.2) is 34.9 Å². The zero-order valence-corrected chi connectivity index (χ0v) is 14.8. The highest BCUT2D eigenvalue weighted by molar-refractivity contribution is 5.99. The smallest absolute Gasteiger partial charge is 0.160 e. The van der Waals surface area contributed by atoms with Crippen molar-refractivity contribution in [2.45, 2.75) is 60.5 Å². The lowest BCUT2D eigenvalue weighted by molar-refractivity contribution is -0.124. The van der Waals surface area contributed by atoms with Gasteiger partial charge in [0.15, 0.2) is 5.78 Å². The van der Waals surface area contributed by atoms with Gasteiger partial charge in [0, 0.05) is 17.4 Å². The summed E-state index contributed by atoms with van der Waals surface area (Å²) < 4.78 is 0. The van der Waals surface area contributed by atoms with E-state index in [2.05, 4.69) is 0 Å². The fraction of sp³-hybridized carbons (Fsp3) is 0.579. The van der Waals surface area contributed by atoms with Crippen LogP contribution in [0.5, 0.6) is 0 Å². The third-order valence-electron chi connectivity index (χ3n) is 4.53. The van der Waals surface area contributed by atoms with Gasteiger partial charge in [-0.2, -0.15) is 0 Å². The Hall–Kier alpha value is -1.48. The summed E-state index contributed by atoms with van der Waals surface area (Å²) in [5.41, 5.74) is 0.0591. The maximum atomic E-state index is 12.5. The van der Waals surface area contributed by atoms with E-state index in [0.717, 1.165) is 11.9 Å². The third kappa shape index (κ3) is 3.30. The summed E-state index contributed by atoms with van der Waals surface area (Å²) in [5, 5.41) is 11.3. The molecular weight excluding hydrogens is 276 g/mol. The predicted octanol–water partition coefficient (Wildman–Crippen LogP) is 3.78. The molecular formula is C19H28O3. The highest BCUT2D eigenvalue weighted by Gasteiger charge is 2.51.